The van der Waals surface area contributed by atoms with Crippen molar-refractivity contribution in [2.45, 2.75) is 24.3 Å². The molecule has 0 radical (unpaired) electrons. The Morgan fingerprint density at radius 3 is 1.86 bits per heavy atom. The van der Waals surface area contributed by atoms with Crippen LogP contribution in [0.3, 0.4) is 0 Å². The Hall–Kier alpha value is -1.08. The molecule has 2 aromatic rings. The van der Waals surface area contributed by atoms with Gasteiger partial charge in [0.25, 0.3) is 0 Å². The Morgan fingerprint density at radius 1 is 0.810 bits per heavy atom. The number of benzene rings is 2. The van der Waals surface area contributed by atoms with Crippen LogP contribution in [0.4, 0.5) is 0 Å². The summed E-state index contributed by atoms with van der Waals surface area (Å²) in [7, 11) is 0. The fourth-order valence-corrected chi connectivity index (χ4v) is 7.49. The van der Waals surface area contributed by atoms with Crippen LogP contribution in [0.2, 0.25) is 5.21 Å². The molecule has 0 spiro atoms. The zero-order chi connectivity index (χ0) is 14.3. The average Bonchev–Trinajstić information content (AvgIpc) is 2.58. The molecule has 1 aliphatic heterocycles. The first-order valence-corrected chi connectivity index (χ1v) is 10.7. The van der Waals surface area contributed by atoms with Crippen LogP contribution in [0, 0.1) is 0 Å². The standard InChI is InChI=1S/C18H21AsO2/c1-3-8-16(9-4-1)19(17-10-5-2-6-11-17)13-12-18-20-14-7-15-21-18/h1-6,8-11,18H,7,12-15H2. The van der Waals surface area contributed by atoms with E-state index in [2.05, 4.69) is 60.7 Å². The Morgan fingerprint density at radius 2 is 1.33 bits per heavy atom. The third-order valence-electron chi connectivity index (χ3n) is 3.62. The molecule has 0 atom stereocenters. The Bertz CT molecular complexity index is 484. The molecule has 2 nitrogen and oxygen atoms in total. The van der Waals surface area contributed by atoms with Crippen molar-refractivity contribution < 1.29 is 9.47 Å². The third-order valence-corrected chi connectivity index (χ3v) is 8.97. The van der Waals surface area contributed by atoms with Crippen LogP contribution >= 0.6 is 0 Å². The van der Waals surface area contributed by atoms with Crippen LogP contribution in [0.15, 0.2) is 60.7 Å². The van der Waals surface area contributed by atoms with Gasteiger partial charge in [0.15, 0.2) is 0 Å². The summed E-state index contributed by atoms with van der Waals surface area (Å²) >= 11 is -1.26. The fourth-order valence-electron chi connectivity index (χ4n) is 2.56. The van der Waals surface area contributed by atoms with Gasteiger partial charge in [0.1, 0.15) is 0 Å². The van der Waals surface area contributed by atoms with E-state index in [4.69, 9.17) is 9.47 Å². The summed E-state index contributed by atoms with van der Waals surface area (Å²) in [5.74, 6) is 0. The molecule has 0 unspecified atom stereocenters. The molecular weight excluding hydrogens is 323 g/mol. The molecule has 1 saturated heterocycles. The van der Waals surface area contributed by atoms with Gasteiger partial charge in [-0.25, -0.2) is 0 Å². The number of hydrogen-bond acceptors (Lipinski definition) is 2. The molecule has 0 aliphatic carbocycles. The summed E-state index contributed by atoms with van der Waals surface area (Å²) in [6.07, 6.45) is 2.03. The summed E-state index contributed by atoms with van der Waals surface area (Å²) in [5, 5.41) is 1.19. The maximum atomic E-state index is 5.70. The zero-order valence-corrected chi connectivity index (χ0v) is 14.0. The number of ether oxygens (including phenoxy) is 2. The molecule has 0 N–H and O–H groups in total. The van der Waals surface area contributed by atoms with Crippen LogP contribution in [0.1, 0.15) is 12.8 Å². The van der Waals surface area contributed by atoms with Gasteiger partial charge < -0.3 is 0 Å². The minimum absolute atomic E-state index is 0.00282. The Labute approximate surface area is 131 Å². The first kappa shape index (κ1) is 14.8. The zero-order valence-electron chi connectivity index (χ0n) is 12.2. The van der Waals surface area contributed by atoms with Crippen LogP contribution < -0.4 is 8.70 Å². The van der Waals surface area contributed by atoms with Crippen molar-refractivity contribution in [3.63, 3.8) is 0 Å². The summed E-state index contributed by atoms with van der Waals surface area (Å²) in [6, 6.07) is 21.9. The summed E-state index contributed by atoms with van der Waals surface area (Å²) in [6.45, 7) is 1.68. The van der Waals surface area contributed by atoms with Crippen molar-refractivity contribution in [2.24, 2.45) is 0 Å². The molecule has 1 fully saturated rings. The van der Waals surface area contributed by atoms with Crippen molar-refractivity contribution in [3.05, 3.63) is 60.7 Å². The van der Waals surface area contributed by atoms with Crippen LogP contribution in [-0.4, -0.2) is 34.2 Å². The molecule has 0 saturated carbocycles. The van der Waals surface area contributed by atoms with Crippen molar-refractivity contribution in [2.75, 3.05) is 13.2 Å². The molecule has 1 aliphatic rings. The third kappa shape index (κ3) is 4.20. The monoisotopic (exact) mass is 344 g/mol. The van der Waals surface area contributed by atoms with E-state index >= 15 is 0 Å². The maximum absolute atomic E-state index is 5.70. The molecule has 0 bridgehead atoms. The topological polar surface area (TPSA) is 18.5 Å². The summed E-state index contributed by atoms with van der Waals surface area (Å²) in [5.41, 5.74) is 0. The SMILES string of the molecule is c1ccc([As](CCC2OCCCO2)c2ccccc2)cc1. The second kappa shape index (κ2) is 7.79. The quantitative estimate of drug-likeness (QED) is 0.776. The number of hydrogen-bond donors (Lipinski definition) is 0. The van der Waals surface area contributed by atoms with Gasteiger partial charge in [-0.3, -0.25) is 0 Å². The van der Waals surface area contributed by atoms with E-state index < -0.39 is 14.7 Å². The van der Waals surface area contributed by atoms with Gasteiger partial charge in [-0.05, 0) is 0 Å². The molecule has 21 heavy (non-hydrogen) atoms. The first-order chi connectivity index (χ1) is 10.4. The van der Waals surface area contributed by atoms with E-state index in [0.717, 1.165) is 26.1 Å². The van der Waals surface area contributed by atoms with E-state index in [1.54, 1.807) is 0 Å². The normalized spacial score (nSPS) is 16.2. The van der Waals surface area contributed by atoms with Crippen molar-refractivity contribution >= 4 is 23.4 Å². The van der Waals surface area contributed by atoms with E-state index in [1.807, 2.05) is 0 Å². The summed E-state index contributed by atoms with van der Waals surface area (Å²) < 4.78 is 14.4. The van der Waals surface area contributed by atoms with Crippen LogP contribution in [0.25, 0.3) is 0 Å². The molecular formula is C18H21AsO2. The van der Waals surface area contributed by atoms with Crippen molar-refractivity contribution in [3.8, 4) is 0 Å². The molecule has 110 valence electrons. The second-order valence-corrected chi connectivity index (χ2v) is 10.0. The molecule has 3 heteroatoms. The van der Waals surface area contributed by atoms with E-state index in [-0.39, 0.29) is 6.29 Å². The van der Waals surface area contributed by atoms with Gasteiger partial charge in [0.2, 0.25) is 0 Å². The Balaban J connectivity index is 1.73. The van der Waals surface area contributed by atoms with Crippen molar-refractivity contribution in [1.82, 2.24) is 0 Å². The molecule has 2 aromatic carbocycles. The van der Waals surface area contributed by atoms with Gasteiger partial charge in [-0.15, -0.1) is 0 Å². The van der Waals surface area contributed by atoms with E-state index in [0.29, 0.717) is 0 Å². The van der Waals surface area contributed by atoms with Gasteiger partial charge in [-0.1, -0.05) is 0 Å². The van der Waals surface area contributed by atoms with E-state index in [1.165, 1.54) is 13.9 Å². The minimum atomic E-state index is -1.26. The van der Waals surface area contributed by atoms with Crippen LogP contribution in [-0.2, 0) is 9.47 Å². The predicted octanol–water partition coefficient (Wildman–Crippen LogP) is 2.45. The summed E-state index contributed by atoms with van der Waals surface area (Å²) in [4.78, 5) is 0. The molecule has 0 aromatic heterocycles. The average molecular weight is 344 g/mol. The van der Waals surface area contributed by atoms with Gasteiger partial charge in [0, 0.05) is 0 Å². The first-order valence-electron chi connectivity index (χ1n) is 7.54. The van der Waals surface area contributed by atoms with Crippen molar-refractivity contribution in [1.29, 1.82) is 0 Å². The molecule has 3 rings (SSSR count). The van der Waals surface area contributed by atoms with E-state index in [9.17, 15) is 0 Å². The van der Waals surface area contributed by atoms with Gasteiger partial charge in [-0.2, -0.15) is 0 Å². The van der Waals surface area contributed by atoms with Gasteiger partial charge >= 0.3 is 131 Å². The Kier molecular flexibility index (Phi) is 5.51. The predicted molar refractivity (Wildman–Crippen MR) is 87.6 cm³/mol. The van der Waals surface area contributed by atoms with Gasteiger partial charge in [0.05, 0.1) is 0 Å². The molecule has 0 amide bonds. The second-order valence-electron chi connectivity index (χ2n) is 5.14. The van der Waals surface area contributed by atoms with Crippen LogP contribution in [0.5, 0.6) is 0 Å². The molecule has 1 heterocycles. The number of rotatable bonds is 5. The fraction of sp³-hybridized carbons (Fsp3) is 0.333.